The molecule has 0 N–H and O–H groups in total. The van der Waals surface area contributed by atoms with Crippen molar-refractivity contribution in [2.45, 2.75) is 38.2 Å². The van der Waals surface area contributed by atoms with Gasteiger partial charge in [-0.1, -0.05) is 0 Å². The Morgan fingerprint density at radius 3 is 2.47 bits per heavy atom. The normalized spacial score (nSPS) is 25.3. The van der Waals surface area contributed by atoms with Crippen LogP contribution < -0.4 is 0 Å². The Labute approximate surface area is 109 Å². The lowest BCUT2D eigenvalue weighted by Gasteiger charge is -2.33. The van der Waals surface area contributed by atoms with E-state index >= 15 is 0 Å². The van der Waals surface area contributed by atoms with E-state index < -0.39 is 10.0 Å². The fourth-order valence-corrected chi connectivity index (χ4v) is 3.39. The lowest BCUT2D eigenvalue weighted by molar-refractivity contribution is 0.0906. The lowest BCUT2D eigenvalue weighted by Crippen LogP contribution is -2.39. The average molecular weight is 284 g/mol. The van der Waals surface area contributed by atoms with Crippen LogP contribution in [0.1, 0.15) is 26.7 Å². The summed E-state index contributed by atoms with van der Waals surface area (Å²) in [7, 11) is -1.55. The summed E-state index contributed by atoms with van der Waals surface area (Å²) in [5, 5.41) is 0.236. The van der Waals surface area contributed by atoms with Crippen LogP contribution in [-0.2, 0) is 14.8 Å². The van der Waals surface area contributed by atoms with Crippen LogP contribution in [0.4, 0.5) is 0 Å². The summed E-state index contributed by atoms with van der Waals surface area (Å²) in [5.74, 6) is 0.474. The fraction of sp³-hybridized carbons (Fsp3) is 1.00. The SMILES string of the molecule is CC(C)OCCS(=O)(=O)N(C)CC1CC(Cl)C1. The summed E-state index contributed by atoms with van der Waals surface area (Å²) in [6, 6.07) is 0. The van der Waals surface area contributed by atoms with E-state index in [9.17, 15) is 8.42 Å². The maximum absolute atomic E-state index is 11.9. The molecular weight excluding hydrogens is 262 g/mol. The molecule has 0 unspecified atom stereocenters. The van der Waals surface area contributed by atoms with E-state index in [0.29, 0.717) is 12.5 Å². The van der Waals surface area contributed by atoms with Crippen LogP contribution in [0.25, 0.3) is 0 Å². The second-order valence-electron chi connectivity index (χ2n) is 4.95. The Balaban J connectivity index is 2.30. The molecule has 17 heavy (non-hydrogen) atoms. The Bertz CT molecular complexity index is 326. The zero-order valence-corrected chi connectivity index (χ0v) is 12.3. The fourth-order valence-electron chi connectivity index (χ4n) is 1.83. The molecule has 0 bridgehead atoms. The number of hydrogen-bond acceptors (Lipinski definition) is 3. The van der Waals surface area contributed by atoms with Crippen LogP contribution in [0, 0.1) is 5.92 Å². The standard InChI is InChI=1S/C11H22ClNO3S/c1-9(2)16-4-5-17(14,15)13(3)8-10-6-11(12)7-10/h9-11H,4-8H2,1-3H3. The second kappa shape index (κ2) is 6.36. The minimum atomic E-state index is -3.18. The van der Waals surface area contributed by atoms with Crippen LogP contribution in [-0.4, -0.2) is 50.2 Å². The Hall–Kier alpha value is 0.160. The van der Waals surface area contributed by atoms with Crippen molar-refractivity contribution in [1.82, 2.24) is 4.31 Å². The third-order valence-corrected chi connectivity index (χ3v) is 5.10. The molecule has 6 heteroatoms. The van der Waals surface area contributed by atoms with E-state index in [0.717, 1.165) is 12.8 Å². The van der Waals surface area contributed by atoms with Crippen LogP contribution in [0.3, 0.4) is 0 Å². The third-order valence-electron chi connectivity index (χ3n) is 2.96. The van der Waals surface area contributed by atoms with E-state index in [2.05, 4.69) is 0 Å². The molecule has 0 saturated heterocycles. The molecule has 4 nitrogen and oxygen atoms in total. The van der Waals surface area contributed by atoms with E-state index in [1.807, 2.05) is 13.8 Å². The summed E-state index contributed by atoms with van der Waals surface area (Å²) >= 11 is 5.87. The molecule has 102 valence electrons. The van der Waals surface area contributed by atoms with E-state index in [4.69, 9.17) is 16.3 Å². The summed E-state index contributed by atoms with van der Waals surface area (Å²) in [5.41, 5.74) is 0. The number of nitrogens with zero attached hydrogens (tertiary/aromatic N) is 1. The van der Waals surface area contributed by atoms with Crippen molar-refractivity contribution >= 4 is 21.6 Å². The van der Waals surface area contributed by atoms with Crippen molar-refractivity contribution in [3.8, 4) is 0 Å². The molecule has 0 spiro atoms. The molecule has 0 aromatic carbocycles. The van der Waals surface area contributed by atoms with Gasteiger partial charge >= 0.3 is 0 Å². The zero-order chi connectivity index (χ0) is 13.1. The Morgan fingerprint density at radius 2 is 2.00 bits per heavy atom. The smallest absolute Gasteiger partial charge is 0.216 e. The highest BCUT2D eigenvalue weighted by Crippen LogP contribution is 2.32. The number of rotatable bonds is 7. The van der Waals surface area contributed by atoms with Gasteiger partial charge < -0.3 is 4.74 Å². The molecule has 0 amide bonds. The minimum absolute atomic E-state index is 0.0543. The van der Waals surface area contributed by atoms with Crippen molar-refractivity contribution in [3.63, 3.8) is 0 Å². The van der Waals surface area contributed by atoms with E-state index in [-0.39, 0.29) is 23.8 Å². The highest BCUT2D eigenvalue weighted by Gasteiger charge is 2.30. The van der Waals surface area contributed by atoms with Gasteiger partial charge in [0, 0.05) is 19.0 Å². The molecular formula is C11H22ClNO3S. The molecule has 1 aliphatic carbocycles. The largest absolute Gasteiger partial charge is 0.378 e. The van der Waals surface area contributed by atoms with Crippen molar-refractivity contribution in [2.75, 3.05) is 26.0 Å². The maximum atomic E-state index is 11.9. The first kappa shape index (κ1) is 15.2. The molecule has 0 aromatic rings. The topological polar surface area (TPSA) is 46.6 Å². The molecule has 1 aliphatic rings. The number of halogens is 1. The van der Waals surface area contributed by atoms with Gasteiger partial charge in [-0.25, -0.2) is 12.7 Å². The Kier molecular flexibility index (Phi) is 5.70. The lowest BCUT2D eigenvalue weighted by atomic mass is 9.85. The van der Waals surface area contributed by atoms with Crippen LogP contribution in [0.2, 0.25) is 0 Å². The molecule has 1 saturated carbocycles. The first-order chi connectivity index (χ1) is 7.81. The molecule has 1 rings (SSSR count). The number of ether oxygens (including phenoxy) is 1. The van der Waals surface area contributed by atoms with Crippen molar-refractivity contribution in [3.05, 3.63) is 0 Å². The molecule has 0 aromatic heterocycles. The quantitative estimate of drug-likeness (QED) is 0.668. The molecule has 1 fully saturated rings. The summed E-state index contributed by atoms with van der Waals surface area (Å²) in [6.07, 6.45) is 1.91. The highest BCUT2D eigenvalue weighted by molar-refractivity contribution is 7.89. The van der Waals surface area contributed by atoms with Gasteiger partial charge in [0.15, 0.2) is 0 Å². The van der Waals surface area contributed by atoms with E-state index in [1.165, 1.54) is 4.31 Å². The van der Waals surface area contributed by atoms with Gasteiger partial charge in [0.2, 0.25) is 10.0 Å². The summed E-state index contributed by atoms with van der Waals surface area (Å²) in [6.45, 7) is 4.62. The summed E-state index contributed by atoms with van der Waals surface area (Å²) < 4.78 is 30.5. The van der Waals surface area contributed by atoms with Crippen LogP contribution in [0.5, 0.6) is 0 Å². The van der Waals surface area contributed by atoms with Gasteiger partial charge in [-0.2, -0.15) is 0 Å². The molecule has 0 aliphatic heterocycles. The molecule has 0 atom stereocenters. The maximum Gasteiger partial charge on any atom is 0.216 e. The second-order valence-corrected chi connectivity index (χ2v) is 7.76. The van der Waals surface area contributed by atoms with Crippen molar-refractivity contribution < 1.29 is 13.2 Å². The van der Waals surface area contributed by atoms with Gasteiger partial charge in [0.1, 0.15) is 0 Å². The summed E-state index contributed by atoms with van der Waals surface area (Å²) in [4.78, 5) is 0. The van der Waals surface area contributed by atoms with Crippen molar-refractivity contribution in [2.24, 2.45) is 5.92 Å². The van der Waals surface area contributed by atoms with Gasteiger partial charge in [0.25, 0.3) is 0 Å². The molecule has 0 heterocycles. The van der Waals surface area contributed by atoms with Gasteiger partial charge in [-0.3, -0.25) is 0 Å². The predicted octanol–water partition coefficient (Wildman–Crippen LogP) is 1.69. The van der Waals surface area contributed by atoms with Crippen LogP contribution in [0.15, 0.2) is 0 Å². The number of hydrogen-bond donors (Lipinski definition) is 0. The monoisotopic (exact) mass is 283 g/mol. The highest BCUT2D eigenvalue weighted by atomic mass is 35.5. The minimum Gasteiger partial charge on any atom is -0.378 e. The zero-order valence-electron chi connectivity index (χ0n) is 10.7. The van der Waals surface area contributed by atoms with E-state index in [1.54, 1.807) is 7.05 Å². The Morgan fingerprint density at radius 1 is 1.41 bits per heavy atom. The predicted molar refractivity (Wildman–Crippen MR) is 69.9 cm³/mol. The number of alkyl halides is 1. The van der Waals surface area contributed by atoms with Gasteiger partial charge in [0.05, 0.1) is 18.5 Å². The number of sulfonamides is 1. The third kappa shape index (κ3) is 5.12. The first-order valence-corrected chi connectivity index (χ1v) is 8.05. The van der Waals surface area contributed by atoms with Gasteiger partial charge in [-0.15, -0.1) is 11.6 Å². The molecule has 0 radical (unpaired) electrons. The van der Waals surface area contributed by atoms with Gasteiger partial charge in [-0.05, 0) is 32.6 Å². The van der Waals surface area contributed by atoms with Crippen molar-refractivity contribution in [1.29, 1.82) is 0 Å². The van der Waals surface area contributed by atoms with Crippen LogP contribution >= 0.6 is 11.6 Å². The average Bonchev–Trinajstić information content (AvgIpc) is 2.14. The first-order valence-electron chi connectivity index (χ1n) is 6.01.